The van der Waals surface area contributed by atoms with Crippen molar-refractivity contribution in [3.63, 3.8) is 0 Å². The Morgan fingerprint density at radius 2 is 1.70 bits per heavy atom. The molecular formula is C20H24N2O4S. The van der Waals surface area contributed by atoms with Gasteiger partial charge in [0.2, 0.25) is 10.0 Å². The Morgan fingerprint density at radius 1 is 1.07 bits per heavy atom. The van der Waals surface area contributed by atoms with Crippen LogP contribution in [0.1, 0.15) is 28.8 Å². The first kappa shape index (κ1) is 19.4. The second-order valence-corrected chi connectivity index (χ2v) is 8.58. The summed E-state index contributed by atoms with van der Waals surface area (Å²) in [6, 6.07) is 13.8. The summed E-state index contributed by atoms with van der Waals surface area (Å²) in [6.07, 6.45) is 1.18. The quantitative estimate of drug-likeness (QED) is 0.854. The molecule has 144 valence electrons. The predicted molar refractivity (Wildman–Crippen MR) is 103 cm³/mol. The SMILES string of the molecule is COc1ccc(S(=O)(=O)N2CCC(NC(=O)c3ccccc3C)CC2)cc1. The molecule has 0 aliphatic carbocycles. The van der Waals surface area contributed by atoms with Gasteiger partial charge in [0.1, 0.15) is 5.75 Å². The van der Waals surface area contributed by atoms with Crippen LogP contribution >= 0.6 is 0 Å². The first-order valence-corrected chi connectivity index (χ1v) is 10.4. The van der Waals surface area contributed by atoms with Crippen LogP contribution in [0.5, 0.6) is 5.75 Å². The Balaban J connectivity index is 1.61. The summed E-state index contributed by atoms with van der Waals surface area (Å²) in [6.45, 7) is 2.67. The van der Waals surface area contributed by atoms with E-state index in [0.29, 0.717) is 37.2 Å². The van der Waals surface area contributed by atoms with Gasteiger partial charge in [-0.05, 0) is 55.7 Å². The maximum absolute atomic E-state index is 12.8. The van der Waals surface area contributed by atoms with Gasteiger partial charge in [0.25, 0.3) is 5.91 Å². The van der Waals surface area contributed by atoms with Gasteiger partial charge in [-0.2, -0.15) is 4.31 Å². The van der Waals surface area contributed by atoms with E-state index < -0.39 is 10.0 Å². The maximum Gasteiger partial charge on any atom is 0.251 e. The van der Waals surface area contributed by atoms with Crippen LogP contribution in [0.15, 0.2) is 53.4 Å². The lowest BCUT2D eigenvalue weighted by molar-refractivity contribution is 0.0923. The van der Waals surface area contributed by atoms with Crippen LogP contribution < -0.4 is 10.1 Å². The molecule has 27 heavy (non-hydrogen) atoms. The lowest BCUT2D eigenvalue weighted by atomic mass is 10.0. The number of ether oxygens (including phenoxy) is 1. The summed E-state index contributed by atoms with van der Waals surface area (Å²) in [4.78, 5) is 12.7. The fourth-order valence-corrected chi connectivity index (χ4v) is 4.70. The molecule has 7 heteroatoms. The molecule has 0 radical (unpaired) electrons. The maximum atomic E-state index is 12.8. The summed E-state index contributed by atoms with van der Waals surface area (Å²) in [5.41, 5.74) is 1.58. The molecule has 0 spiro atoms. The molecule has 1 heterocycles. The minimum absolute atomic E-state index is 0.0283. The zero-order valence-electron chi connectivity index (χ0n) is 15.5. The van der Waals surface area contributed by atoms with E-state index in [1.165, 1.54) is 4.31 Å². The van der Waals surface area contributed by atoms with Gasteiger partial charge in [-0.3, -0.25) is 4.79 Å². The number of amides is 1. The topological polar surface area (TPSA) is 75.7 Å². The number of carbonyl (C=O) groups is 1. The molecule has 6 nitrogen and oxygen atoms in total. The van der Waals surface area contributed by atoms with Crippen molar-refractivity contribution < 1.29 is 17.9 Å². The molecule has 2 aromatic rings. The fraction of sp³-hybridized carbons (Fsp3) is 0.350. The number of nitrogens with zero attached hydrogens (tertiary/aromatic N) is 1. The Kier molecular flexibility index (Phi) is 5.82. The number of aryl methyl sites for hydroxylation is 1. The van der Waals surface area contributed by atoms with Gasteiger partial charge in [-0.25, -0.2) is 8.42 Å². The molecule has 0 atom stereocenters. The highest BCUT2D eigenvalue weighted by Crippen LogP contribution is 2.23. The fourth-order valence-electron chi connectivity index (χ4n) is 3.23. The number of piperidine rings is 1. The molecule has 0 saturated carbocycles. The van der Waals surface area contributed by atoms with Gasteiger partial charge >= 0.3 is 0 Å². The van der Waals surface area contributed by atoms with Gasteiger partial charge in [0.05, 0.1) is 12.0 Å². The zero-order valence-corrected chi connectivity index (χ0v) is 16.3. The van der Waals surface area contributed by atoms with Crippen molar-refractivity contribution in [1.82, 2.24) is 9.62 Å². The van der Waals surface area contributed by atoms with E-state index in [1.807, 2.05) is 25.1 Å². The Labute approximate surface area is 160 Å². The smallest absolute Gasteiger partial charge is 0.251 e. The normalized spacial score (nSPS) is 16.1. The van der Waals surface area contributed by atoms with Crippen LogP contribution in [0.2, 0.25) is 0 Å². The van der Waals surface area contributed by atoms with Crippen LogP contribution in [0.25, 0.3) is 0 Å². The number of nitrogens with one attached hydrogen (secondary N) is 1. The van der Waals surface area contributed by atoms with E-state index in [4.69, 9.17) is 4.74 Å². The van der Waals surface area contributed by atoms with Crippen molar-refractivity contribution in [1.29, 1.82) is 0 Å². The van der Waals surface area contributed by atoms with Crippen molar-refractivity contribution >= 4 is 15.9 Å². The van der Waals surface area contributed by atoms with Crippen LogP contribution in [0.3, 0.4) is 0 Å². The average Bonchev–Trinajstić information content (AvgIpc) is 2.68. The number of rotatable bonds is 5. The van der Waals surface area contributed by atoms with Crippen LogP contribution in [0.4, 0.5) is 0 Å². The number of sulfonamides is 1. The molecule has 1 N–H and O–H groups in total. The number of methoxy groups -OCH3 is 1. The molecule has 1 amide bonds. The second kappa shape index (κ2) is 8.10. The third-order valence-corrected chi connectivity index (χ3v) is 6.79. The van der Waals surface area contributed by atoms with E-state index in [9.17, 15) is 13.2 Å². The minimum Gasteiger partial charge on any atom is -0.497 e. The van der Waals surface area contributed by atoms with Crippen molar-refractivity contribution in [2.75, 3.05) is 20.2 Å². The van der Waals surface area contributed by atoms with Crippen molar-refractivity contribution in [2.45, 2.75) is 30.7 Å². The van der Waals surface area contributed by atoms with E-state index in [0.717, 1.165) is 5.56 Å². The van der Waals surface area contributed by atoms with Gasteiger partial charge in [0, 0.05) is 24.7 Å². The minimum atomic E-state index is -3.53. The zero-order chi connectivity index (χ0) is 19.4. The standard InChI is InChI=1S/C20H24N2O4S/c1-15-5-3-4-6-19(15)20(23)21-16-11-13-22(14-12-16)27(24,25)18-9-7-17(26-2)8-10-18/h3-10,16H,11-14H2,1-2H3,(H,21,23). The first-order chi connectivity index (χ1) is 12.9. The Bertz CT molecular complexity index is 902. The molecule has 3 rings (SSSR count). The molecule has 1 aliphatic heterocycles. The first-order valence-electron chi connectivity index (χ1n) is 8.92. The summed E-state index contributed by atoms with van der Waals surface area (Å²) in [5, 5.41) is 3.03. The van der Waals surface area contributed by atoms with E-state index in [1.54, 1.807) is 37.4 Å². The Hall–Kier alpha value is -2.38. The van der Waals surface area contributed by atoms with Crippen molar-refractivity contribution in [2.24, 2.45) is 0 Å². The van der Waals surface area contributed by atoms with Gasteiger partial charge in [-0.15, -0.1) is 0 Å². The van der Waals surface area contributed by atoms with Crippen LogP contribution in [-0.2, 0) is 10.0 Å². The molecule has 1 fully saturated rings. The number of hydrogen-bond acceptors (Lipinski definition) is 4. The lowest BCUT2D eigenvalue weighted by Gasteiger charge is -2.31. The number of benzene rings is 2. The molecular weight excluding hydrogens is 364 g/mol. The highest BCUT2D eigenvalue weighted by molar-refractivity contribution is 7.89. The van der Waals surface area contributed by atoms with Gasteiger partial charge < -0.3 is 10.1 Å². The summed E-state index contributed by atoms with van der Waals surface area (Å²) in [7, 11) is -1.99. The molecule has 1 aliphatic rings. The van der Waals surface area contributed by atoms with Gasteiger partial charge in [-0.1, -0.05) is 18.2 Å². The lowest BCUT2D eigenvalue weighted by Crippen LogP contribution is -2.46. The monoisotopic (exact) mass is 388 g/mol. The van der Waals surface area contributed by atoms with E-state index in [-0.39, 0.29) is 16.8 Å². The summed E-state index contributed by atoms with van der Waals surface area (Å²) in [5.74, 6) is 0.510. The average molecular weight is 388 g/mol. The Morgan fingerprint density at radius 3 is 2.30 bits per heavy atom. The second-order valence-electron chi connectivity index (χ2n) is 6.64. The largest absolute Gasteiger partial charge is 0.497 e. The molecule has 0 bridgehead atoms. The molecule has 2 aromatic carbocycles. The van der Waals surface area contributed by atoms with Crippen LogP contribution in [0, 0.1) is 6.92 Å². The van der Waals surface area contributed by atoms with Gasteiger partial charge in [0.15, 0.2) is 0 Å². The van der Waals surface area contributed by atoms with E-state index >= 15 is 0 Å². The summed E-state index contributed by atoms with van der Waals surface area (Å²) < 4.78 is 32.1. The molecule has 1 saturated heterocycles. The third kappa shape index (κ3) is 4.31. The molecule has 0 aromatic heterocycles. The number of hydrogen-bond donors (Lipinski definition) is 1. The van der Waals surface area contributed by atoms with E-state index in [2.05, 4.69) is 5.32 Å². The highest BCUT2D eigenvalue weighted by Gasteiger charge is 2.30. The van der Waals surface area contributed by atoms with Crippen LogP contribution in [-0.4, -0.2) is 44.9 Å². The summed E-state index contributed by atoms with van der Waals surface area (Å²) >= 11 is 0. The number of carbonyl (C=O) groups excluding carboxylic acids is 1. The van der Waals surface area contributed by atoms with Crippen molar-refractivity contribution in [3.8, 4) is 5.75 Å². The van der Waals surface area contributed by atoms with Crippen molar-refractivity contribution in [3.05, 3.63) is 59.7 Å². The third-order valence-electron chi connectivity index (χ3n) is 4.88. The predicted octanol–water partition coefficient (Wildman–Crippen LogP) is 2.59. The highest BCUT2D eigenvalue weighted by atomic mass is 32.2. The molecule has 0 unspecified atom stereocenters.